The fraction of sp³-hybridized carbons (Fsp3) is 0.111. The summed E-state index contributed by atoms with van der Waals surface area (Å²) in [4.78, 5) is 22.1. The van der Waals surface area contributed by atoms with Gasteiger partial charge in [-0.1, -0.05) is 41.9 Å². The van der Waals surface area contributed by atoms with Gasteiger partial charge in [0, 0.05) is 22.4 Å². The van der Waals surface area contributed by atoms with Crippen LogP contribution in [0.3, 0.4) is 0 Å². The molecule has 3 heterocycles. The third-order valence-electron chi connectivity index (χ3n) is 6.85. The molecule has 2 aromatic heterocycles. The Bertz CT molecular complexity index is 1770. The van der Waals surface area contributed by atoms with Gasteiger partial charge < -0.3 is 11.1 Å². The molecule has 3 N–H and O–H groups in total. The van der Waals surface area contributed by atoms with Gasteiger partial charge in [-0.2, -0.15) is 19.7 Å². The van der Waals surface area contributed by atoms with Crippen LogP contribution in [0.2, 0.25) is 5.02 Å². The third kappa shape index (κ3) is 3.52. The molecule has 38 heavy (non-hydrogen) atoms. The van der Waals surface area contributed by atoms with Crippen LogP contribution in [0.4, 0.5) is 24.8 Å². The number of carbonyl (C=O) groups is 1. The molecule has 6 rings (SSSR count). The van der Waals surface area contributed by atoms with Crippen LogP contribution in [0.1, 0.15) is 29.3 Å². The minimum absolute atomic E-state index is 0.0256. The number of amides is 1. The van der Waals surface area contributed by atoms with Gasteiger partial charge in [-0.15, -0.1) is 0 Å². The Morgan fingerprint density at radius 3 is 2.53 bits per heavy atom. The smallest absolute Gasteiger partial charge is 0.255 e. The molecular weight excluding hydrogens is 517 g/mol. The van der Waals surface area contributed by atoms with E-state index < -0.39 is 28.4 Å². The number of aromatic nitrogens is 4. The quantitative estimate of drug-likeness (QED) is 0.304. The third-order valence-corrected chi connectivity index (χ3v) is 7.09. The van der Waals surface area contributed by atoms with Gasteiger partial charge in [-0.3, -0.25) is 4.79 Å². The van der Waals surface area contributed by atoms with E-state index in [9.17, 15) is 18.0 Å². The van der Waals surface area contributed by atoms with Gasteiger partial charge in [0.1, 0.15) is 22.9 Å². The Balaban J connectivity index is 1.51. The lowest BCUT2D eigenvalue weighted by molar-refractivity contribution is -0.119. The average molecular weight is 535 g/mol. The molecule has 0 radical (unpaired) electrons. The minimum atomic E-state index is -1.30. The molecule has 1 unspecified atom stereocenters. The van der Waals surface area contributed by atoms with Crippen molar-refractivity contribution in [3.8, 4) is 5.95 Å². The van der Waals surface area contributed by atoms with E-state index in [4.69, 9.17) is 17.3 Å². The first-order chi connectivity index (χ1) is 18.2. The number of nitrogens with one attached hydrogen (secondary N) is 1. The maximum Gasteiger partial charge on any atom is 0.255 e. The molecule has 3 aromatic carbocycles. The second-order valence-electron chi connectivity index (χ2n) is 9.10. The molecule has 0 bridgehead atoms. The summed E-state index contributed by atoms with van der Waals surface area (Å²) in [5.41, 5.74) is 6.64. The molecule has 11 heteroatoms. The van der Waals surface area contributed by atoms with Crippen LogP contribution in [0, 0.1) is 17.5 Å². The van der Waals surface area contributed by atoms with Crippen molar-refractivity contribution in [2.45, 2.75) is 18.8 Å². The lowest BCUT2D eigenvalue weighted by Crippen LogP contribution is -2.32. The molecule has 7 nitrogen and oxygen atoms in total. The summed E-state index contributed by atoms with van der Waals surface area (Å²) >= 11 is 6.20. The van der Waals surface area contributed by atoms with Crippen molar-refractivity contribution < 1.29 is 18.0 Å². The van der Waals surface area contributed by atoms with Crippen LogP contribution in [0.5, 0.6) is 0 Å². The van der Waals surface area contributed by atoms with Crippen molar-refractivity contribution in [1.82, 2.24) is 19.7 Å². The zero-order valence-corrected chi connectivity index (χ0v) is 20.5. The van der Waals surface area contributed by atoms with E-state index in [1.54, 1.807) is 25.1 Å². The molecular formula is C27H18ClF3N6O. The van der Waals surface area contributed by atoms with E-state index in [-0.39, 0.29) is 35.6 Å². The lowest BCUT2D eigenvalue weighted by atomic mass is 9.78. The zero-order valence-electron chi connectivity index (χ0n) is 19.8. The molecule has 0 saturated heterocycles. The van der Waals surface area contributed by atoms with E-state index in [1.165, 1.54) is 4.68 Å². The molecule has 0 aliphatic carbocycles. The molecule has 1 atom stereocenters. The molecule has 190 valence electrons. The predicted octanol–water partition coefficient (Wildman–Crippen LogP) is 5.32. The average Bonchev–Trinajstić information content (AvgIpc) is 3.39. The van der Waals surface area contributed by atoms with E-state index in [0.717, 1.165) is 17.7 Å². The van der Waals surface area contributed by atoms with Gasteiger partial charge in [0.25, 0.3) is 5.95 Å². The van der Waals surface area contributed by atoms with Crippen LogP contribution < -0.4 is 11.1 Å². The summed E-state index contributed by atoms with van der Waals surface area (Å²) in [5, 5.41) is 8.11. The van der Waals surface area contributed by atoms with E-state index in [2.05, 4.69) is 20.4 Å². The minimum Gasteiger partial charge on any atom is -0.383 e. The first-order valence-electron chi connectivity index (χ1n) is 11.5. The first-order valence-corrected chi connectivity index (χ1v) is 11.9. The van der Waals surface area contributed by atoms with Crippen molar-refractivity contribution in [2.24, 2.45) is 0 Å². The summed E-state index contributed by atoms with van der Waals surface area (Å²) in [7, 11) is 0. The molecule has 0 spiro atoms. The molecule has 5 aromatic rings. The predicted molar refractivity (Wildman–Crippen MR) is 137 cm³/mol. The number of hydrogen-bond acceptors (Lipinski definition) is 5. The maximum absolute atomic E-state index is 14.5. The summed E-state index contributed by atoms with van der Waals surface area (Å²) in [6, 6.07) is 15.6. The number of benzene rings is 3. The second kappa shape index (κ2) is 8.56. The van der Waals surface area contributed by atoms with Crippen LogP contribution in [-0.4, -0.2) is 25.7 Å². The molecule has 0 fully saturated rings. The number of nitrogen functional groups attached to an aromatic ring is 1. The Kier molecular flexibility index (Phi) is 5.39. The standard InChI is InChI=1S/C27H18ClF3N6O/c1-27(13-5-3-2-4-6-13)21-23(32)33-26(35-24(21)34-25(27)38)37-20-10-7-14(28)11-16(20)19(36-37)12-15-17(29)8-9-18(30)22(15)31/h2-11H,12H2,1H3,(H3,32,33,34,35,38). The van der Waals surface area contributed by atoms with Crippen molar-refractivity contribution in [3.05, 3.63) is 106 Å². The van der Waals surface area contributed by atoms with Gasteiger partial charge in [-0.25, -0.2) is 13.2 Å². The topological polar surface area (TPSA) is 98.7 Å². The monoisotopic (exact) mass is 534 g/mol. The van der Waals surface area contributed by atoms with E-state index in [1.807, 2.05) is 30.3 Å². The summed E-state index contributed by atoms with van der Waals surface area (Å²) in [5.74, 6) is -3.37. The van der Waals surface area contributed by atoms with Crippen molar-refractivity contribution in [3.63, 3.8) is 0 Å². The van der Waals surface area contributed by atoms with Crippen LogP contribution in [0.15, 0.2) is 60.7 Å². The lowest BCUT2D eigenvalue weighted by Gasteiger charge is -2.23. The van der Waals surface area contributed by atoms with E-state index in [0.29, 0.717) is 21.5 Å². The van der Waals surface area contributed by atoms with Crippen molar-refractivity contribution in [1.29, 1.82) is 0 Å². The number of hydrogen-bond donors (Lipinski definition) is 2. The van der Waals surface area contributed by atoms with Crippen LogP contribution >= 0.6 is 11.6 Å². The van der Waals surface area contributed by atoms with Gasteiger partial charge in [-0.05, 0) is 42.8 Å². The highest BCUT2D eigenvalue weighted by Crippen LogP contribution is 2.44. The normalized spacial score (nSPS) is 16.6. The van der Waals surface area contributed by atoms with Crippen molar-refractivity contribution in [2.75, 3.05) is 11.1 Å². The Labute approximate surface area is 219 Å². The molecule has 1 aliphatic heterocycles. The number of nitrogens with two attached hydrogens (primary N) is 1. The number of nitrogens with zero attached hydrogens (tertiary/aromatic N) is 4. The Morgan fingerprint density at radius 2 is 1.76 bits per heavy atom. The van der Waals surface area contributed by atoms with Crippen LogP contribution in [0.25, 0.3) is 16.9 Å². The van der Waals surface area contributed by atoms with Crippen LogP contribution in [-0.2, 0) is 16.6 Å². The summed E-state index contributed by atoms with van der Waals surface area (Å²) in [6.45, 7) is 1.74. The molecule has 1 aliphatic rings. The second-order valence-corrected chi connectivity index (χ2v) is 9.53. The zero-order chi connectivity index (χ0) is 26.8. The Hall–Kier alpha value is -4.44. The maximum atomic E-state index is 14.5. The fourth-order valence-corrected chi connectivity index (χ4v) is 5.04. The van der Waals surface area contributed by atoms with E-state index >= 15 is 0 Å². The Morgan fingerprint density at radius 1 is 1.03 bits per heavy atom. The number of carbonyl (C=O) groups excluding carboxylic acids is 1. The highest BCUT2D eigenvalue weighted by Gasteiger charge is 2.47. The van der Waals surface area contributed by atoms with Gasteiger partial charge >= 0.3 is 0 Å². The summed E-state index contributed by atoms with van der Waals surface area (Å²) < 4.78 is 44.1. The number of halogens is 4. The van der Waals surface area contributed by atoms with Gasteiger partial charge in [0.2, 0.25) is 5.91 Å². The fourth-order valence-electron chi connectivity index (χ4n) is 4.87. The number of anilines is 2. The van der Waals surface area contributed by atoms with Crippen molar-refractivity contribution >= 4 is 40.0 Å². The molecule has 0 saturated carbocycles. The SMILES string of the molecule is CC1(c2ccccc2)C(=O)Nc2nc(-n3nc(Cc4c(F)ccc(F)c4F)c4cc(Cl)ccc43)nc(N)c21. The molecule has 1 amide bonds. The highest BCUT2D eigenvalue weighted by atomic mass is 35.5. The highest BCUT2D eigenvalue weighted by molar-refractivity contribution is 6.31. The number of fused-ring (bicyclic) bond motifs is 2. The number of rotatable bonds is 4. The van der Waals surface area contributed by atoms with Gasteiger partial charge in [0.15, 0.2) is 11.6 Å². The summed E-state index contributed by atoms with van der Waals surface area (Å²) in [6.07, 6.45) is -0.359. The first kappa shape index (κ1) is 23.9. The largest absolute Gasteiger partial charge is 0.383 e. The van der Waals surface area contributed by atoms with Gasteiger partial charge in [0.05, 0.1) is 16.8 Å².